The summed E-state index contributed by atoms with van der Waals surface area (Å²) in [5.41, 5.74) is 0. The van der Waals surface area contributed by atoms with Crippen molar-refractivity contribution in [2.24, 2.45) is 5.92 Å². The van der Waals surface area contributed by atoms with Crippen LogP contribution in [0.2, 0.25) is 0 Å². The molecule has 0 fully saturated rings. The fourth-order valence-corrected chi connectivity index (χ4v) is 4.01. The lowest BCUT2D eigenvalue weighted by Crippen LogP contribution is -2.31. The quantitative estimate of drug-likeness (QED) is 0.815. The molecule has 0 saturated heterocycles. The first-order chi connectivity index (χ1) is 7.44. The molecule has 0 aliphatic rings. The van der Waals surface area contributed by atoms with Gasteiger partial charge in [0.15, 0.2) is 0 Å². The second kappa shape index (κ2) is 6.00. The molecular formula is C10H16ClNO2S2. The lowest BCUT2D eigenvalue weighted by Gasteiger charge is -2.14. The van der Waals surface area contributed by atoms with Gasteiger partial charge in [-0.1, -0.05) is 13.0 Å². The Kier molecular flexibility index (Phi) is 5.24. The predicted octanol–water partition coefficient (Wildman–Crippen LogP) is 2.60. The number of alkyl halides is 1. The highest BCUT2D eigenvalue weighted by Crippen LogP contribution is 2.19. The molecule has 92 valence electrons. The monoisotopic (exact) mass is 281 g/mol. The second-order valence-corrected chi connectivity index (χ2v) is 6.98. The Labute approximate surface area is 106 Å². The standard InChI is InChI=1S/C10H16ClNO2S2/c1-8(6-11)7-16(13,14)12-9(2)10-4-3-5-15-10/h3-5,8-9,12H,6-7H2,1-2H3/t8?,9-/m0/s1. The minimum atomic E-state index is -3.25. The Morgan fingerprint density at radius 1 is 1.50 bits per heavy atom. The Morgan fingerprint density at radius 3 is 2.69 bits per heavy atom. The number of thiophene rings is 1. The summed E-state index contributed by atoms with van der Waals surface area (Å²) in [5.74, 6) is 0.398. The molecule has 0 saturated carbocycles. The molecule has 0 spiro atoms. The fourth-order valence-electron chi connectivity index (χ4n) is 1.33. The van der Waals surface area contributed by atoms with Crippen LogP contribution in [0.15, 0.2) is 17.5 Å². The van der Waals surface area contributed by atoms with E-state index in [0.717, 1.165) is 4.88 Å². The summed E-state index contributed by atoms with van der Waals surface area (Å²) in [5, 5.41) is 1.93. The van der Waals surface area contributed by atoms with Gasteiger partial charge in [0, 0.05) is 10.8 Å². The molecule has 0 bridgehead atoms. The zero-order chi connectivity index (χ0) is 12.2. The molecule has 0 aromatic carbocycles. The third-order valence-electron chi connectivity index (χ3n) is 2.09. The van der Waals surface area contributed by atoms with Crippen molar-refractivity contribution < 1.29 is 8.42 Å². The Balaban J connectivity index is 2.59. The molecule has 1 unspecified atom stereocenters. The molecule has 1 aromatic heterocycles. The van der Waals surface area contributed by atoms with Crippen molar-refractivity contribution in [3.63, 3.8) is 0 Å². The lowest BCUT2D eigenvalue weighted by molar-refractivity contribution is 0.556. The topological polar surface area (TPSA) is 46.2 Å². The van der Waals surface area contributed by atoms with E-state index in [1.165, 1.54) is 0 Å². The summed E-state index contributed by atoms with van der Waals surface area (Å²) in [6, 6.07) is 3.65. The van der Waals surface area contributed by atoms with Gasteiger partial charge in [-0.05, 0) is 24.3 Å². The minimum absolute atomic E-state index is 0.0327. The van der Waals surface area contributed by atoms with Crippen LogP contribution in [0.3, 0.4) is 0 Å². The van der Waals surface area contributed by atoms with Crippen molar-refractivity contribution in [2.75, 3.05) is 11.6 Å². The molecule has 0 aliphatic heterocycles. The van der Waals surface area contributed by atoms with Gasteiger partial charge in [0.2, 0.25) is 10.0 Å². The maximum absolute atomic E-state index is 11.7. The second-order valence-electron chi connectivity index (χ2n) is 3.90. The van der Waals surface area contributed by atoms with Gasteiger partial charge in [-0.25, -0.2) is 13.1 Å². The number of hydrogen-bond acceptors (Lipinski definition) is 3. The van der Waals surface area contributed by atoms with E-state index in [-0.39, 0.29) is 17.7 Å². The highest BCUT2D eigenvalue weighted by molar-refractivity contribution is 7.89. The summed E-state index contributed by atoms with van der Waals surface area (Å²) in [6.45, 7) is 3.66. The molecule has 0 radical (unpaired) electrons. The largest absolute Gasteiger partial charge is 0.212 e. The van der Waals surface area contributed by atoms with Gasteiger partial charge in [0.1, 0.15) is 0 Å². The number of rotatable bonds is 6. The van der Waals surface area contributed by atoms with Gasteiger partial charge >= 0.3 is 0 Å². The van der Waals surface area contributed by atoms with Gasteiger partial charge in [-0.2, -0.15) is 0 Å². The van der Waals surface area contributed by atoms with Gasteiger partial charge in [-0.3, -0.25) is 0 Å². The van der Waals surface area contributed by atoms with Crippen LogP contribution in [-0.4, -0.2) is 20.1 Å². The Bertz CT molecular complexity index is 402. The summed E-state index contributed by atoms with van der Waals surface area (Å²) in [6.07, 6.45) is 0. The van der Waals surface area contributed by atoms with E-state index in [0.29, 0.717) is 5.88 Å². The maximum Gasteiger partial charge on any atom is 0.212 e. The average molecular weight is 282 g/mol. The minimum Gasteiger partial charge on any atom is -0.212 e. The molecule has 1 aromatic rings. The van der Waals surface area contributed by atoms with E-state index < -0.39 is 10.0 Å². The van der Waals surface area contributed by atoms with Crippen LogP contribution < -0.4 is 4.72 Å². The van der Waals surface area contributed by atoms with E-state index in [1.807, 2.05) is 31.4 Å². The van der Waals surface area contributed by atoms with Crippen LogP contribution in [-0.2, 0) is 10.0 Å². The van der Waals surface area contributed by atoms with E-state index in [4.69, 9.17) is 11.6 Å². The summed E-state index contributed by atoms with van der Waals surface area (Å²) in [7, 11) is -3.25. The van der Waals surface area contributed by atoms with Crippen LogP contribution in [0.4, 0.5) is 0 Å². The third kappa shape index (κ3) is 4.41. The van der Waals surface area contributed by atoms with E-state index in [9.17, 15) is 8.42 Å². The van der Waals surface area contributed by atoms with E-state index >= 15 is 0 Å². The molecular weight excluding hydrogens is 266 g/mol. The van der Waals surface area contributed by atoms with Crippen LogP contribution >= 0.6 is 22.9 Å². The van der Waals surface area contributed by atoms with Gasteiger partial charge in [0.25, 0.3) is 0 Å². The number of halogens is 1. The zero-order valence-corrected chi connectivity index (χ0v) is 11.7. The zero-order valence-electron chi connectivity index (χ0n) is 9.31. The van der Waals surface area contributed by atoms with Gasteiger partial charge in [-0.15, -0.1) is 22.9 Å². The molecule has 3 nitrogen and oxygen atoms in total. The first kappa shape index (κ1) is 14.0. The molecule has 6 heteroatoms. The third-order valence-corrected chi connectivity index (χ3v) is 5.40. The van der Waals surface area contributed by atoms with Crippen molar-refractivity contribution in [3.8, 4) is 0 Å². The SMILES string of the molecule is CC(CCl)CS(=O)(=O)N[C@@H](C)c1cccs1. The maximum atomic E-state index is 11.7. The van der Waals surface area contributed by atoms with Gasteiger partial charge in [0.05, 0.1) is 11.8 Å². The molecule has 2 atom stereocenters. The highest BCUT2D eigenvalue weighted by atomic mass is 35.5. The van der Waals surface area contributed by atoms with Crippen molar-refractivity contribution in [3.05, 3.63) is 22.4 Å². The average Bonchev–Trinajstić information content (AvgIpc) is 2.68. The summed E-state index contributed by atoms with van der Waals surface area (Å²) >= 11 is 7.15. The van der Waals surface area contributed by atoms with Crippen molar-refractivity contribution in [1.29, 1.82) is 0 Å². The molecule has 16 heavy (non-hydrogen) atoms. The molecule has 0 amide bonds. The molecule has 1 rings (SSSR count). The van der Waals surface area contributed by atoms with Crippen LogP contribution in [0.25, 0.3) is 0 Å². The number of sulfonamides is 1. The van der Waals surface area contributed by atoms with Gasteiger partial charge < -0.3 is 0 Å². The molecule has 1 heterocycles. The lowest BCUT2D eigenvalue weighted by atomic mass is 10.3. The normalized spacial score (nSPS) is 15.9. The molecule has 1 N–H and O–H groups in total. The van der Waals surface area contributed by atoms with Crippen LogP contribution in [0.1, 0.15) is 24.8 Å². The Hall–Kier alpha value is -0.100. The van der Waals surface area contributed by atoms with Crippen molar-refractivity contribution in [2.45, 2.75) is 19.9 Å². The van der Waals surface area contributed by atoms with E-state index in [2.05, 4.69) is 4.72 Å². The fraction of sp³-hybridized carbons (Fsp3) is 0.600. The molecule has 0 aliphatic carbocycles. The Morgan fingerprint density at radius 2 is 2.19 bits per heavy atom. The number of hydrogen-bond donors (Lipinski definition) is 1. The first-order valence-corrected chi connectivity index (χ1v) is 8.10. The van der Waals surface area contributed by atoms with E-state index in [1.54, 1.807) is 11.3 Å². The first-order valence-electron chi connectivity index (χ1n) is 5.04. The van der Waals surface area contributed by atoms with Crippen LogP contribution in [0, 0.1) is 5.92 Å². The predicted molar refractivity (Wildman–Crippen MR) is 69.5 cm³/mol. The summed E-state index contributed by atoms with van der Waals surface area (Å²) in [4.78, 5) is 1.02. The number of nitrogens with one attached hydrogen (secondary N) is 1. The van der Waals surface area contributed by atoms with Crippen molar-refractivity contribution >= 4 is 33.0 Å². The van der Waals surface area contributed by atoms with Crippen molar-refractivity contribution in [1.82, 2.24) is 4.72 Å². The highest BCUT2D eigenvalue weighted by Gasteiger charge is 2.18. The smallest absolute Gasteiger partial charge is 0.212 e. The van der Waals surface area contributed by atoms with Crippen LogP contribution in [0.5, 0.6) is 0 Å². The summed E-state index contributed by atoms with van der Waals surface area (Å²) < 4.78 is 26.1.